The molecular formula is C18H15Cl2N3S. The molecule has 0 fully saturated rings. The highest BCUT2D eigenvalue weighted by Gasteiger charge is 2.19. The van der Waals surface area contributed by atoms with Crippen LogP contribution in [0.3, 0.4) is 0 Å². The molecule has 0 bridgehead atoms. The van der Waals surface area contributed by atoms with Crippen LogP contribution in [-0.4, -0.2) is 21.4 Å². The van der Waals surface area contributed by atoms with E-state index >= 15 is 0 Å². The highest BCUT2D eigenvalue weighted by Crippen LogP contribution is 2.26. The van der Waals surface area contributed by atoms with Crippen LogP contribution in [0.4, 0.5) is 0 Å². The first-order valence-electron chi connectivity index (χ1n) is 7.75. The first-order valence-corrected chi connectivity index (χ1v) is 9.32. The molecule has 3 aromatic rings. The Kier molecular flexibility index (Phi) is 4.55. The third-order valence-corrected chi connectivity index (χ3v) is 5.59. The maximum absolute atomic E-state index is 6.02. The van der Waals surface area contributed by atoms with Crippen molar-refractivity contribution in [2.24, 2.45) is 0 Å². The van der Waals surface area contributed by atoms with E-state index in [4.69, 9.17) is 28.2 Å². The van der Waals surface area contributed by atoms with Crippen molar-refractivity contribution in [3.05, 3.63) is 68.1 Å². The van der Waals surface area contributed by atoms with E-state index in [1.165, 1.54) is 10.4 Å². The number of benzene rings is 1. The van der Waals surface area contributed by atoms with Crippen molar-refractivity contribution in [1.29, 1.82) is 0 Å². The molecule has 0 saturated carbocycles. The van der Waals surface area contributed by atoms with E-state index in [1.54, 1.807) is 11.3 Å². The normalized spacial score (nSPS) is 14.6. The summed E-state index contributed by atoms with van der Waals surface area (Å²) in [7, 11) is 0. The van der Waals surface area contributed by atoms with Gasteiger partial charge < -0.3 is 0 Å². The Morgan fingerprint density at radius 1 is 1.08 bits per heavy atom. The summed E-state index contributed by atoms with van der Waals surface area (Å²) in [6.45, 7) is 2.81. The number of aromatic nitrogens is 2. The number of thiophene rings is 1. The second-order valence-electron chi connectivity index (χ2n) is 5.84. The van der Waals surface area contributed by atoms with Gasteiger partial charge >= 0.3 is 0 Å². The van der Waals surface area contributed by atoms with Crippen LogP contribution < -0.4 is 0 Å². The van der Waals surface area contributed by atoms with Crippen molar-refractivity contribution in [1.82, 2.24) is 14.9 Å². The number of nitrogens with zero attached hydrogens (tertiary/aromatic N) is 3. The van der Waals surface area contributed by atoms with Crippen molar-refractivity contribution >= 4 is 34.5 Å². The molecule has 0 spiro atoms. The van der Waals surface area contributed by atoms with Gasteiger partial charge in [0.2, 0.25) is 0 Å². The minimum absolute atomic E-state index is 0.723. The molecule has 0 aliphatic carbocycles. The van der Waals surface area contributed by atoms with Gasteiger partial charge in [0, 0.05) is 53.3 Å². The maximum atomic E-state index is 6.02. The lowest BCUT2D eigenvalue weighted by molar-refractivity contribution is 0.245. The second-order valence-corrected chi connectivity index (χ2v) is 8.07. The van der Waals surface area contributed by atoms with Gasteiger partial charge in [-0.05, 0) is 36.4 Å². The lowest BCUT2D eigenvalue weighted by atomic mass is 10.1. The first kappa shape index (κ1) is 16.0. The Morgan fingerprint density at radius 2 is 1.92 bits per heavy atom. The molecule has 0 amide bonds. The summed E-state index contributed by atoms with van der Waals surface area (Å²) in [6, 6.07) is 11.7. The number of fused-ring (bicyclic) bond motifs is 1. The molecule has 1 aliphatic rings. The van der Waals surface area contributed by atoms with Gasteiger partial charge in [0.25, 0.3) is 0 Å². The van der Waals surface area contributed by atoms with E-state index in [0.29, 0.717) is 0 Å². The summed E-state index contributed by atoms with van der Waals surface area (Å²) >= 11 is 13.6. The van der Waals surface area contributed by atoms with Gasteiger partial charge in [-0.15, -0.1) is 11.3 Å². The molecule has 3 heterocycles. The lowest BCUT2D eigenvalue weighted by Gasteiger charge is -2.27. The third kappa shape index (κ3) is 3.47. The SMILES string of the molecule is Clc1ccc(-c2ncc3c(n2)CCN(Cc2ccc(Cl)s2)C3)cc1. The molecule has 1 aromatic carbocycles. The number of halogens is 2. The lowest BCUT2D eigenvalue weighted by Crippen LogP contribution is -2.30. The smallest absolute Gasteiger partial charge is 0.159 e. The Morgan fingerprint density at radius 3 is 2.67 bits per heavy atom. The van der Waals surface area contributed by atoms with Crippen molar-refractivity contribution in [2.45, 2.75) is 19.5 Å². The largest absolute Gasteiger partial charge is 0.293 e. The first-order chi connectivity index (χ1) is 11.7. The summed E-state index contributed by atoms with van der Waals surface area (Å²) in [5.41, 5.74) is 3.36. The van der Waals surface area contributed by atoms with Gasteiger partial charge in [-0.1, -0.05) is 23.2 Å². The quantitative estimate of drug-likeness (QED) is 0.639. The van der Waals surface area contributed by atoms with Crippen LogP contribution in [-0.2, 0) is 19.5 Å². The standard InChI is InChI=1S/C18H15Cl2N3S/c19-14-3-1-12(2-4-14)18-21-9-13-10-23(8-7-16(13)22-18)11-15-5-6-17(20)24-15/h1-6,9H,7-8,10-11H2. The fourth-order valence-electron chi connectivity index (χ4n) is 2.90. The fourth-order valence-corrected chi connectivity index (χ4v) is 4.16. The van der Waals surface area contributed by atoms with Crippen LogP contribution in [0.5, 0.6) is 0 Å². The molecule has 0 radical (unpaired) electrons. The zero-order chi connectivity index (χ0) is 16.5. The van der Waals surface area contributed by atoms with E-state index in [9.17, 15) is 0 Å². The van der Waals surface area contributed by atoms with E-state index in [2.05, 4.69) is 16.0 Å². The summed E-state index contributed by atoms with van der Waals surface area (Å²) in [4.78, 5) is 13.0. The monoisotopic (exact) mass is 375 g/mol. The molecule has 6 heteroatoms. The van der Waals surface area contributed by atoms with Crippen LogP contribution in [0.25, 0.3) is 11.4 Å². The zero-order valence-electron chi connectivity index (χ0n) is 12.9. The van der Waals surface area contributed by atoms with Crippen molar-refractivity contribution in [3.8, 4) is 11.4 Å². The zero-order valence-corrected chi connectivity index (χ0v) is 15.2. The summed E-state index contributed by atoms with van der Waals surface area (Å²) in [5, 5.41) is 0.723. The minimum atomic E-state index is 0.723. The number of hydrogen-bond acceptors (Lipinski definition) is 4. The van der Waals surface area contributed by atoms with Crippen molar-refractivity contribution < 1.29 is 0 Å². The topological polar surface area (TPSA) is 29.0 Å². The van der Waals surface area contributed by atoms with Gasteiger partial charge in [0.05, 0.1) is 10.0 Å². The van der Waals surface area contributed by atoms with Crippen LogP contribution >= 0.6 is 34.5 Å². The molecule has 0 N–H and O–H groups in total. The van der Waals surface area contributed by atoms with Gasteiger partial charge in [-0.2, -0.15) is 0 Å². The van der Waals surface area contributed by atoms with Crippen molar-refractivity contribution in [3.63, 3.8) is 0 Å². The Balaban J connectivity index is 1.52. The Labute approximate surface area is 154 Å². The van der Waals surface area contributed by atoms with E-state index in [-0.39, 0.29) is 0 Å². The number of hydrogen-bond donors (Lipinski definition) is 0. The highest BCUT2D eigenvalue weighted by molar-refractivity contribution is 7.16. The molecule has 1 aliphatic heterocycles. The second kappa shape index (κ2) is 6.81. The van der Waals surface area contributed by atoms with Crippen LogP contribution in [0.1, 0.15) is 16.1 Å². The predicted octanol–water partition coefficient (Wildman–Crippen LogP) is 5.07. The van der Waals surface area contributed by atoms with Gasteiger partial charge in [0.15, 0.2) is 5.82 Å². The van der Waals surface area contributed by atoms with E-state index in [1.807, 2.05) is 36.5 Å². The van der Waals surface area contributed by atoms with Gasteiger partial charge in [0.1, 0.15) is 0 Å². The molecule has 2 aromatic heterocycles. The molecule has 0 unspecified atom stereocenters. The summed E-state index contributed by atoms with van der Waals surface area (Å²) in [5.74, 6) is 0.768. The molecular weight excluding hydrogens is 361 g/mol. The maximum Gasteiger partial charge on any atom is 0.159 e. The average molecular weight is 376 g/mol. The van der Waals surface area contributed by atoms with Crippen LogP contribution in [0.15, 0.2) is 42.6 Å². The average Bonchev–Trinajstić information content (AvgIpc) is 3.00. The van der Waals surface area contributed by atoms with Crippen LogP contribution in [0, 0.1) is 0 Å². The molecule has 3 nitrogen and oxygen atoms in total. The van der Waals surface area contributed by atoms with Gasteiger partial charge in [-0.3, -0.25) is 4.90 Å². The molecule has 24 heavy (non-hydrogen) atoms. The van der Waals surface area contributed by atoms with Crippen molar-refractivity contribution in [2.75, 3.05) is 6.54 Å². The van der Waals surface area contributed by atoms with Crippen LogP contribution in [0.2, 0.25) is 9.36 Å². The predicted molar refractivity (Wildman–Crippen MR) is 99.6 cm³/mol. The van der Waals surface area contributed by atoms with E-state index in [0.717, 1.165) is 52.5 Å². The highest BCUT2D eigenvalue weighted by atomic mass is 35.5. The molecule has 122 valence electrons. The van der Waals surface area contributed by atoms with Gasteiger partial charge in [-0.25, -0.2) is 9.97 Å². The molecule has 4 rings (SSSR count). The Bertz CT molecular complexity index is 861. The minimum Gasteiger partial charge on any atom is -0.293 e. The summed E-state index contributed by atoms with van der Waals surface area (Å²) in [6.07, 6.45) is 2.90. The fraction of sp³-hybridized carbons (Fsp3) is 0.222. The Hall–Kier alpha value is -1.46. The number of rotatable bonds is 3. The third-order valence-electron chi connectivity index (χ3n) is 4.12. The summed E-state index contributed by atoms with van der Waals surface area (Å²) < 4.78 is 0.846. The van der Waals surface area contributed by atoms with E-state index < -0.39 is 0 Å². The molecule has 0 atom stereocenters. The molecule has 0 saturated heterocycles.